The minimum absolute atomic E-state index is 0.241. The molecule has 4 rings (SSSR count). The fourth-order valence-electron chi connectivity index (χ4n) is 5.44. The van der Waals surface area contributed by atoms with Gasteiger partial charge in [-0.1, -0.05) is 20.8 Å². The van der Waals surface area contributed by atoms with Crippen LogP contribution in [0.1, 0.15) is 85.2 Å². The molecule has 0 saturated carbocycles. The quantitative estimate of drug-likeness (QED) is 0.139. The Balaban J connectivity index is 1.73. The molecule has 0 atom stereocenters. The number of rotatable bonds is 12. The molecule has 4 aromatic rings. The molecule has 0 aliphatic rings. The lowest BCUT2D eigenvalue weighted by atomic mass is 9.83. The molecule has 0 aliphatic carbocycles. The van der Waals surface area contributed by atoms with Crippen LogP contribution in [0.15, 0.2) is 55.0 Å². The van der Waals surface area contributed by atoms with Crippen molar-refractivity contribution >= 4 is 35.2 Å². The van der Waals surface area contributed by atoms with E-state index in [1.807, 2.05) is 20.8 Å². The minimum atomic E-state index is -0.289. The van der Waals surface area contributed by atoms with Crippen molar-refractivity contribution in [2.45, 2.75) is 59.7 Å². The number of amides is 3. The summed E-state index contributed by atoms with van der Waals surface area (Å²) in [7, 11) is 0. The first-order valence-electron chi connectivity index (χ1n) is 14.8. The highest BCUT2D eigenvalue weighted by Crippen LogP contribution is 2.31. The van der Waals surface area contributed by atoms with Crippen LogP contribution in [0.4, 0.5) is 17.5 Å². The van der Waals surface area contributed by atoms with E-state index in [0.717, 1.165) is 33.4 Å². The third-order valence-electron chi connectivity index (χ3n) is 7.67. The van der Waals surface area contributed by atoms with E-state index >= 15 is 0 Å². The van der Waals surface area contributed by atoms with Crippen LogP contribution in [0, 0.1) is 0 Å². The lowest BCUT2D eigenvalue weighted by Crippen LogP contribution is -2.30. The molecule has 9 N–H and O–H groups in total. The zero-order valence-electron chi connectivity index (χ0n) is 25.7. The summed E-state index contributed by atoms with van der Waals surface area (Å²) < 4.78 is 0. The van der Waals surface area contributed by atoms with Gasteiger partial charge in [0.2, 0.25) is 0 Å². The summed E-state index contributed by atoms with van der Waals surface area (Å²) in [6.45, 7) is 6.87. The molecule has 0 fully saturated rings. The highest BCUT2D eigenvalue weighted by molar-refractivity contribution is 5.95. The molecule has 45 heavy (non-hydrogen) atoms. The Morgan fingerprint density at radius 1 is 0.489 bits per heavy atom. The molecule has 234 valence electrons. The predicted molar refractivity (Wildman–Crippen MR) is 174 cm³/mol. The van der Waals surface area contributed by atoms with Crippen LogP contribution in [-0.4, -0.2) is 32.7 Å². The Hall–Kier alpha value is -5.52. The summed E-state index contributed by atoms with van der Waals surface area (Å²) in [4.78, 5) is 51.3. The third kappa shape index (κ3) is 7.71. The highest BCUT2D eigenvalue weighted by Gasteiger charge is 2.23. The molecular formula is C33H39N9O3. The zero-order valence-corrected chi connectivity index (χ0v) is 25.7. The molecule has 0 unspecified atom stereocenters. The number of hydrogen-bond acceptors (Lipinski definition) is 9. The van der Waals surface area contributed by atoms with E-state index in [0.29, 0.717) is 53.4 Å². The molecule has 0 radical (unpaired) electrons. The Bertz CT molecular complexity index is 1450. The second-order valence-corrected chi connectivity index (χ2v) is 10.4. The van der Waals surface area contributed by atoms with E-state index in [2.05, 4.69) is 30.9 Å². The van der Waals surface area contributed by atoms with E-state index < -0.39 is 0 Å². The summed E-state index contributed by atoms with van der Waals surface area (Å²) in [6.07, 6.45) is 6.29. The molecule has 3 heterocycles. The Kier molecular flexibility index (Phi) is 10.6. The van der Waals surface area contributed by atoms with Gasteiger partial charge in [0.15, 0.2) is 0 Å². The maximum absolute atomic E-state index is 13.1. The van der Waals surface area contributed by atoms with Crippen LogP contribution >= 0.6 is 0 Å². The first-order valence-corrected chi connectivity index (χ1v) is 14.8. The molecular weight excluding hydrogens is 570 g/mol. The molecule has 3 amide bonds. The van der Waals surface area contributed by atoms with E-state index in [1.54, 1.807) is 36.4 Å². The first-order chi connectivity index (χ1) is 21.7. The number of anilines is 3. The van der Waals surface area contributed by atoms with Crippen molar-refractivity contribution in [2.24, 2.45) is 0 Å². The Morgan fingerprint density at radius 2 is 0.756 bits per heavy atom. The van der Waals surface area contributed by atoms with Gasteiger partial charge in [0.25, 0.3) is 17.7 Å². The van der Waals surface area contributed by atoms with Gasteiger partial charge in [0.1, 0.15) is 17.5 Å². The van der Waals surface area contributed by atoms with Gasteiger partial charge in [-0.3, -0.25) is 14.4 Å². The molecule has 3 aromatic heterocycles. The van der Waals surface area contributed by atoms with Crippen molar-refractivity contribution < 1.29 is 14.4 Å². The van der Waals surface area contributed by atoms with E-state index in [1.165, 1.54) is 18.6 Å². The molecule has 1 aromatic carbocycles. The SMILES string of the molecule is CCc1c(CNC(=O)c2ccc(N)nc2)c(CC)c(CNC(=O)c2ccc(N)nc2)c(CC)c1CNC(=O)c1ccc(N)nc1. The maximum atomic E-state index is 13.1. The Labute approximate surface area is 262 Å². The fraction of sp³-hybridized carbons (Fsp3) is 0.273. The van der Waals surface area contributed by atoms with Gasteiger partial charge in [0, 0.05) is 38.2 Å². The third-order valence-corrected chi connectivity index (χ3v) is 7.67. The standard InChI is InChI=1S/C33H39N9O3/c1-4-22-25(16-40-31(43)19-7-10-28(34)37-13-19)23(5-2)27(18-42-33(45)21-9-12-30(36)39-15-21)24(6-3)26(22)17-41-32(44)20-8-11-29(35)38-14-20/h7-15H,4-6,16-18H2,1-3H3,(H2,34,37)(H2,35,38)(H2,36,39)(H,40,43)(H,41,44)(H,42,45). The average Bonchev–Trinajstić information content (AvgIpc) is 3.05. The van der Waals surface area contributed by atoms with Gasteiger partial charge in [-0.15, -0.1) is 0 Å². The summed E-state index contributed by atoms with van der Waals surface area (Å²) in [6, 6.07) is 9.61. The van der Waals surface area contributed by atoms with Crippen molar-refractivity contribution in [1.82, 2.24) is 30.9 Å². The number of aromatic nitrogens is 3. The van der Waals surface area contributed by atoms with Crippen molar-refractivity contribution in [3.63, 3.8) is 0 Å². The summed E-state index contributed by atoms with van der Waals surface area (Å²) in [5, 5.41) is 9.10. The van der Waals surface area contributed by atoms with Crippen LogP contribution in [0.2, 0.25) is 0 Å². The molecule has 12 heteroatoms. The van der Waals surface area contributed by atoms with Crippen molar-refractivity contribution in [2.75, 3.05) is 17.2 Å². The van der Waals surface area contributed by atoms with Gasteiger partial charge in [-0.25, -0.2) is 15.0 Å². The molecule has 0 aliphatic heterocycles. The van der Waals surface area contributed by atoms with Gasteiger partial charge in [-0.05, 0) is 89.0 Å². The molecule has 0 bridgehead atoms. The van der Waals surface area contributed by atoms with E-state index in [4.69, 9.17) is 17.2 Å². The lowest BCUT2D eigenvalue weighted by Gasteiger charge is -2.27. The van der Waals surface area contributed by atoms with Crippen molar-refractivity contribution in [1.29, 1.82) is 0 Å². The van der Waals surface area contributed by atoms with Crippen LogP contribution < -0.4 is 33.2 Å². The van der Waals surface area contributed by atoms with Crippen LogP contribution in [0.5, 0.6) is 0 Å². The molecule has 12 nitrogen and oxygen atoms in total. The number of carbonyl (C=O) groups excluding carboxylic acids is 3. The van der Waals surface area contributed by atoms with Crippen molar-refractivity contribution in [3.05, 3.63) is 105 Å². The van der Waals surface area contributed by atoms with E-state index in [9.17, 15) is 14.4 Å². The number of benzene rings is 1. The topological polar surface area (TPSA) is 204 Å². The number of nitrogens with two attached hydrogens (primary N) is 3. The second-order valence-electron chi connectivity index (χ2n) is 10.4. The summed E-state index contributed by atoms with van der Waals surface area (Å²) in [5.74, 6) is 0.108. The lowest BCUT2D eigenvalue weighted by molar-refractivity contribution is 0.0943. The average molecular weight is 610 g/mol. The fourth-order valence-corrected chi connectivity index (χ4v) is 5.44. The van der Waals surface area contributed by atoms with Crippen molar-refractivity contribution in [3.8, 4) is 0 Å². The number of nitrogen functional groups attached to an aromatic ring is 3. The highest BCUT2D eigenvalue weighted by atomic mass is 16.2. The van der Waals surface area contributed by atoms with Gasteiger partial charge in [0.05, 0.1) is 16.7 Å². The van der Waals surface area contributed by atoms with Gasteiger partial charge in [-0.2, -0.15) is 0 Å². The zero-order chi connectivity index (χ0) is 32.5. The monoisotopic (exact) mass is 609 g/mol. The van der Waals surface area contributed by atoms with Crippen LogP contribution in [-0.2, 0) is 38.9 Å². The van der Waals surface area contributed by atoms with Gasteiger partial charge >= 0.3 is 0 Å². The normalized spacial score (nSPS) is 10.7. The number of hydrogen-bond donors (Lipinski definition) is 6. The van der Waals surface area contributed by atoms with Gasteiger partial charge < -0.3 is 33.2 Å². The number of nitrogens with one attached hydrogen (secondary N) is 3. The number of carbonyl (C=O) groups is 3. The maximum Gasteiger partial charge on any atom is 0.253 e. The van der Waals surface area contributed by atoms with Crippen LogP contribution in [0.25, 0.3) is 0 Å². The first kappa shape index (κ1) is 32.4. The number of nitrogens with zero attached hydrogens (tertiary/aromatic N) is 3. The van der Waals surface area contributed by atoms with Crippen LogP contribution in [0.3, 0.4) is 0 Å². The minimum Gasteiger partial charge on any atom is -0.384 e. The molecule has 0 saturated heterocycles. The second kappa shape index (κ2) is 14.8. The summed E-state index contributed by atoms with van der Waals surface area (Å²) >= 11 is 0. The summed E-state index contributed by atoms with van der Waals surface area (Å²) in [5.41, 5.74) is 24.2. The largest absolute Gasteiger partial charge is 0.384 e. The van der Waals surface area contributed by atoms with E-state index in [-0.39, 0.29) is 37.4 Å². The molecule has 0 spiro atoms. The smallest absolute Gasteiger partial charge is 0.253 e. The Morgan fingerprint density at radius 3 is 0.956 bits per heavy atom. The number of pyridine rings is 3. The predicted octanol–water partition coefficient (Wildman–Crippen LogP) is 3.10.